The predicted octanol–water partition coefficient (Wildman–Crippen LogP) is -1.05. The summed E-state index contributed by atoms with van der Waals surface area (Å²) in [7, 11) is -2.09. The second kappa shape index (κ2) is 8.79. The molecule has 0 saturated carbocycles. The lowest BCUT2D eigenvalue weighted by molar-refractivity contribution is -0.127. The molecule has 25 heavy (non-hydrogen) atoms. The fraction of sp³-hybridized carbons (Fsp3) is 0.467. The molecule has 0 spiro atoms. The van der Waals surface area contributed by atoms with E-state index in [1.165, 1.54) is 35.6 Å². The Balaban J connectivity index is 1.89. The van der Waals surface area contributed by atoms with Crippen molar-refractivity contribution in [3.63, 3.8) is 0 Å². The molecular weight excluding hydrogens is 350 g/mol. The quantitative estimate of drug-likeness (QED) is 0.632. The van der Waals surface area contributed by atoms with E-state index in [9.17, 15) is 18.0 Å². The zero-order valence-electron chi connectivity index (χ0n) is 13.9. The van der Waals surface area contributed by atoms with Gasteiger partial charge in [-0.1, -0.05) is 0 Å². The van der Waals surface area contributed by atoms with Gasteiger partial charge in [0.25, 0.3) is 5.91 Å². The number of morpholine rings is 1. The molecule has 2 N–H and O–H groups in total. The number of ether oxygens (including phenoxy) is 2. The van der Waals surface area contributed by atoms with Crippen LogP contribution < -0.4 is 15.4 Å². The highest BCUT2D eigenvalue weighted by Crippen LogP contribution is 2.20. The fourth-order valence-corrected chi connectivity index (χ4v) is 3.52. The summed E-state index contributed by atoms with van der Waals surface area (Å²) in [5.41, 5.74) is 0. The Morgan fingerprint density at radius 2 is 1.80 bits per heavy atom. The Bertz CT molecular complexity index is 698. The molecule has 9 nitrogen and oxygen atoms in total. The highest BCUT2D eigenvalue weighted by Gasteiger charge is 2.26. The van der Waals surface area contributed by atoms with Crippen LogP contribution in [0, 0.1) is 0 Å². The number of carbonyl (C=O) groups excluding carboxylic acids is 2. The summed E-state index contributed by atoms with van der Waals surface area (Å²) < 4.78 is 36.7. The molecule has 1 aromatic rings. The molecule has 1 aromatic carbocycles. The highest BCUT2D eigenvalue weighted by molar-refractivity contribution is 7.89. The molecule has 1 fully saturated rings. The van der Waals surface area contributed by atoms with Gasteiger partial charge in [-0.2, -0.15) is 4.31 Å². The van der Waals surface area contributed by atoms with E-state index in [1.807, 2.05) is 0 Å². The third-order valence-electron chi connectivity index (χ3n) is 3.53. The van der Waals surface area contributed by atoms with E-state index in [0.29, 0.717) is 32.1 Å². The van der Waals surface area contributed by atoms with E-state index in [0.717, 1.165) is 0 Å². The molecular formula is C15H21N3O6S. The number of carbonyl (C=O) groups is 2. The summed E-state index contributed by atoms with van der Waals surface area (Å²) in [5.74, 6) is -0.407. The minimum Gasteiger partial charge on any atom is -0.484 e. The molecule has 2 amide bonds. The number of nitrogens with zero attached hydrogens (tertiary/aromatic N) is 1. The monoisotopic (exact) mass is 371 g/mol. The van der Waals surface area contributed by atoms with Crippen molar-refractivity contribution in [3.05, 3.63) is 24.3 Å². The molecule has 0 unspecified atom stereocenters. The second-order valence-corrected chi connectivity index (χ2v) is 7.16. The lowest BCUT2D eigenvalue weighted by atomic mass is 10.3. The van der Waals surface area contributed by atoms with E-state index in [1.54, 1.807) is 0 Å². The van der Waals surface area contributed by atoms with Crippen LogP contribution in [0.1, 0.15) is 0 Å². The van der Waals surface area contributed by atoms with Gasteiger partial charge in [-0.05, 0) is 24.3 Å². The van der Waals surface area contributed by atoms with Gasteiger partial charge >= 0.3 is 0 Å². The van der Waals surface area contributed by atoms with Crippen LogP contribution in [0.4, 0.5) is 0 Å². The number of amides is 2. The van der Waals surface area contributed by atoms with Crippen molar-refractivity contribution in [1.29, 1.82) is 0 Å². The van der Waals surface area contributed by atoms with E-state index in [2.05, 4.69) is 10.6 Å². The van der Waals surface area contributed by atoms with Gasteiger partial charge in [-0.15, -0.1) is 0 Å². The first-order valence-corrected chi connectivity index (χ1v) is 9.15. The summed E-state index contributed by atoms with van der Waals surface area (Å²) >= 11 is 0. The first-order valence-electron chi connectivity index (χ1n) is 7.71. The molecule has 0 radical (unpaired) electrons. The van der Waals surface area contributed by atoms with Gasteiger partial charge < -0.3 is 20.1 Å². The number of nitrogens with one attached hydrogen (secondary N) is 2. The number of rotatable bonds is 7. The molecule has 1 aliphatic rings. The van der Waals surface area contributed by atoms with Gasteiger partial charge in [0.2, 0.25) is 15.9 Å². The average Bonchev–Trinajstić information content (AvgIpc) is 2.65. The van der Waals surface area contributed by atoms with Crippen molar-refractivity contribution in [2.75, 3.05) is 46.5 Å². The maximum absolute atomic E-state index is 12.5. The van der Waals surface area contributed by atoms with Gasteiger partial charge in [0, 0.05) is 20.1 Å². The zero-order chi connectivity index (χ0) is 18.3. The van der Waals surface area contributed by atoms with Gasteiger partial charge in [0.15, 0.2) is 6.61 Å². The number of hydrogen-bond acceptors (Lipinski definition) is 6. The second-order valence-electron chi connectivity index (χ2n) is 5.23. The lowest BCUT2D eigenvalue weighted by Crippen LogP contribution is -2.40. The molecule has 1 aliphatic heterocycles. The Hall–Kier alpha value is -2.17. The first-order chi connectivity index (χ1) is 11.9. The SMILES string of the molecule is CNC(=O)CNC(=O)COc1ccc(S(=O)(=O)N2CCOCC2)cc1. The van der Waals surface area contributed by atoms with E-state index in [4.69, 9.17) is 9.47 Å². The van der Waals surface area contributed by atoms with Crippen molar-refractivity contribution in [2.45, 2.75) is 4.90 Å². The van der Waals surface area contributed by atoms with Crippen molar-refractivity contribution in [1.82, 2.24) is 14.9 Å². The van der Waals surface area contributed by atoms with Crippen LogP contribution in [0.3, 0.4) is 0 Å². The normalized spacial score (nSPS) is 15.4. The van der Waals surface area contributed by atoms with Crippen molar-refractivity contribution in [3.8, 4) is 5.75 Å². The smallest absolute Gasteiger partial charge is 0.258 e. The third kappa shape index (κ3) is 5.41. The molecule has 1 heterocycles. The topological polar surface area (TPSA) is 114 Å². The van der Waals surface area contributed by atoms with Gasteiger partial charge in [-0.3, -0.25) is 9.59 Å². The summed E-state index contributed by atoms with van der Waals surface area (Å²) in [4.78, 5) is 22.7. The first kappa shape index (κ1) is 19.2. The van der Waals surface area contributed by atoms with Crippen LogP contribution in [-0.2, 0) is 24.3 Å². The van der Waals surface area contributed by atoms with Crippen LogP contribution in [0.25, 0.3) is 0 Å². The lowest BCUT2D eigenvalue weighted by Gasteiger charge is -2.26. The van der Waals surface area contributed by atoms with E-state index in [-0.39, 0.29) is 24.0 Å². The highest BCUT2D eigenvalue weighted by atomic mass is 32.2. The largest absolute Gasteiger partial charge is 0.484 e. The Morgan fingerprint density at radius 1 is 1.16 bits per heavy atom. The zero-order valence-corrected chi connectivity index (χ0v) is 14.7. The van der Waals surface area contributed by atoms with E-state index < -0.39 is 15.9 Å². The molecule has 0 aliphatic carbocycles. The number of likely N-dealkylation sites (N-methyl/N-ethyl adjacent to an activating group) is 1. The molecule has 0 bridgehead atoms. The van der Waals surface area contributed by atoms with Crippen LogP contribution in [0.2, 0.25) is 0 Å². The van der Waals surface area contributed by atoms with Gasteiger partial charge in [-0.25, -0.2) is 8.42 Å². The minimum atomic E-state index is -3.56. The van der Waals surface area contributed by atoms with Crippen molar-refractivity contribution in [2.24, 2.45) is 0 Å². The summed E-state index contributed by atoms with van der Waals surface area (Å²) in [6, 6.07) is 5.84. The van der Waals surface area contributed by atoms with Gasteiger partial charge in [0.05, 0.1) is 24.7 Å². The van der Waals surface area contributed by atoms with Crippen LogP contribution >= 0.6 is 0 Å². The summed E-state index contributed by atoms with van der Waals surface area (Å²) in [5, 5.41) is 4.77. The Kier molecular flexibility index (Phi) is 6.73. The average molecular weight is 371 g/mol. The van der Waals surface area contributed by atoms with Crippen LogP contribution in [0.5, 0.6) is 5.75 Å². The molecule has 0 aromatic heterocycles. The Labute approximate surface area is 146 Å². The fourth-order valence-electron chi connectivity index (χ4n) is 2.11. The van der Waals surface area contributed by atoms with E-state index >= 15 is 0 Å². The number of sulfonamides is 1. The van der Waals surface area contributed by atoms with Gasteiger partial charge in [0.1, 0.15) is 5.75 Å². The maximum atomic E-state index is 12.5. The number of benzene rings is 1. The molecule has 138 valence electrons. The van der Waals surface area contributed by atoms with Crippen LogP contribution in [0.15, 0.2) is 29.2 Å². The third-order valence-corrected chi connectivity index (χ3v) is 5.44. The summed E-state index contributed by atoms with van der Waals surface area (Å²) in [6.07, 6.45) is 0. The molecule has 10 heteroatoms. The van der Waals surface area contributed by atoms with Crippen molar-refractivity contribution < 1.29 is 27.5 Å². The minimum absolute atomic E-state index is 0.130. The molecule has 0 atom stereocenters. The predicted molar refractivity (Wildman–Crippen MR) is 88.6 cm³/mol. The van der Waals surface area contributed by atoms with Crippen LogP contribution in [-0.4, -0.2) is 71.0 Å². The number of hydrogen-bond donors (Lipinski definition) is 2. The molecule has 1 saturated heterocycles. The Morgan fingerprint density at radius 3 is 2.40 bits per heavy atom. The molecule has 2 rings (SSSR count). The summed E-state index contributed by atoms with van der Waals surface area (Å²) in [6.45, 7) is 1.01. The van der Waals surface area contributed by atoms with Crippen molar-refractivity contribution >= 4 is 21.8 Å². The maximum Gasteiger partial charge on any atom is 0.258 e. The standard InChI is InChI=1S/C15H21N3O6S/c1-16-14(19)10-17-15(20)11-24-12-2-4-13(5-3-12)25(21,22)18-6-8-23-9-7-18/h2-5H,6-11H2,1H3,(H,16,19)(H,17,20).